The molecule has 1 fully saturated rings. The van der Waals surface area contributed by atoms with Crippen LogP contribution in [0.1, 0.15) is 24.0 Å². The smallest absolute Gasteiger partial charge is 0.247 e. The second kappa shape index (κ2) is 7.79. The van der Waals surface area contributed by atoms with Crippen molar-refractivity contribution in [2.24, 2.45) is 0 Å². The van der Waals surface area contributed by atoms with Crippen LogP contribution in [0, 0.1) is 0 Å². The molecule has 0 bridgehead atoms. The van der Waals surface area contributed by atoms with Gasteiger partial charge in [0.2, 0.25) is 11.8 Å². The monoisotopic (exact) mass is 334 g/mol. The van der Waals surface area contributed by atoms with Crippen LogP contribution in [0.5, 0.6) is 0 Å². The average Bonchev–Trinajstić information content (AvgIpc) is 3.13. The van der Waals surface area contributed by atoms with Gasteiger partial charge in [-0.2, -0.15) is 0 Å². The summed E-state index contributed by atoms with van der Waals surface area (Å²) in [5.41, 5.74) is 2.40. The minimum absolute atomic E-state index is 0.00540. The molecule has 0 radical (unpaired) electrons. The first-order valence-electron chi connectivity index (χ1n) is 8.54. The first-order chi connectivity index (χ1) is 12.1. The van der Waals surface area contributed by atoms with Crippen molar-refractivity contribution in [2.45, 2.75) is 25.3 Å². The summed E-state index contributed by atoms with van der Waals surface area (Å²) in [6, 6.07) is 18.7. The number of likely N-dealkylation sites (tertiary alicyclic amines) is 1. The third kappa shape index (κ3) is 4.15. The van der Waals surface area contributed by atoms with Gasteiger partial charge in [-0.15, -0.1) is 0 Å². The molecule has 0 spiro atoms. The van der Waals surface area contributed by atoms with Gasteiger partial charge >= 0.3 is 0 Å². The van der Waals surface area contributed by atoms with Crippen molar-refractivity contribution >= 4 is 17.5 Å². The second-order valence-electron chi connectivity index (χ2n) is 6.24. The zero-order valence-corrected chi connectivity index (χ0v) is 14.2. The minimum Gasteiger partial charge on any atom is -0.330 e. The van der Waals surface area contributed by atoms with Gasteiger partial charge in [0.15, 0.2) is 0 Å². The van der Waals surface area contributed by atoms with Gasteiger partial charge in [-0.05, 0) is 24.0 Å². The topological polar surface area (TPSA) is 49.4 Å². The quantitative estimate of drug-likeness (QED) is 0.914. The predicted octanol–water partition coefficient (Wildman–Crippen LogP) is 3.01. The van der Waals surface area contributed by atoms with Gasteiger partial charge in [-0.3, -0.25) is 9.59 Å². The third-order valence-electron chi connectivity index (χ3n) is 4.47. The van der Waals surface area contributed by atoms with Crippen LogP contribution in [0.2, 0.25) is 0 Å². The predicted molar refractivity (Wildman–Crippen MR) is 98.5 cm³/mol. The molecule has 0 aromatic heterocycles. The largest absolute Gasteiger partial charge is 0.330 e. The Balaban J connectivity index is 1.63. The highest BCUT2D eigenvalue weighted by atomic mass is 16.2. The Morgan fingerprint density at radius 3 is 2.36 bits per heavy atom. The summed E-state index contributed by atoms with van der Waals surface area (Å²) in [5, 5.41) is 2.86. The van der Waals surface area contributed by atoms with Crippen LogP contribution >= 0.6 is 0 Å². The van der Waals surface area contributed by atoms with Gasteiger partial charge in [0.05, 0.1) is 6.42 Å². The van der Waals surface area contributed by atoms with Crippen LogP contribution in [-0.4, -0.2) is 29.3 Å². The molecule has 1 aliphatic rings. The maximum atomic E-state index is 12.6. The Labute approximate surface area is 148 Å². The Bertz CT molecular complexity index is 756. The lowest BCUT2D eigenvalue weighted by Crippen LogP contribution is -2.45. The summed E-state index contributed by atoms with van der Waals surface area (Å²) < 4.78 is 0. The lowest BCUT2D eigenvalue weighted by atomic mass is 10.1. The molecule has 0 unspecified atom stereocenters. The molecule has 0 aliphatic carbocycles. The number of rotatable bonds is 5. The van der Waals surface area contributed by atoms with E-state index >= 15 is 0 Å². The maximum Gasteiger partial charge on any atom is 0.247 e. The molecule has 0 saturated carbocycles. The van der Waals surface area contributed by atoms with Gasteiger partial charge in [0.25, 0.3) is 0 Å². The van der Waals surface area contributed by atoms with E-state index in [2.05, 4.69) is 11.9 Å². The zero-order valence-electron chi connectivity index (χ0n) is 14.2. The number of nitrogens with zero attached hydrogens (tertiary/aromatic N) is 1. The summed E-state index contributed by atoms with van der Waals surface area (Å²) in [5.74, 6) is -0.165. The molecule has 4 nitrogen and oxygen atoms in total. The molecule has 1 heterocycles. The summed E-state index contributed by atoms with van der Waals surface area (Å²) >= 11 is 0. The highest BCUT2D eigenvalue weighted by Crippen LogP contribution is 2.20. The normalized spacial score (nSPS) is 16.5. The van der Waals surface area contributed by atoms with Crippen LogP contribution in [0.25, 0.3) is 5.70 Å². The number of hydrogen-bond acceptors (Lipinski definition) is 2. The Morgan fingerprint density at radius 2 is 1.68 bits per heavy atom. The van der Waals surface area contributed by atoms with E-state index in [0.29, 0.717) is 25.1 Å². The van der Waals surface area contributed by atoms with Crippen molar-refractivity contribution < 1.29 is 9.59 Å². The molecular weight excluding hydrogens is 312 g/mol. The first kappa shape index (κ1) is 17.0. The van der Waals surface area contributed by atoms with E-state index in [0.717, 1.165) is 17.5 Å². The van der Waals surface area contributed by atoms with E-state index in [1.165, 1.54) is 0 Å². The summed E-state index contributed by atoms with van der Waals surface area (Å²) in [4.78, 5) is 26.9. The molecular formula is C21H22N2O2. The average molecular weight is 334 g/mol. The van der Waals surface area contributed by atoms with Crippen LogP contribution in [0.4, 0.5) is 0 Å². The van der Waals surface area contributed by atoms with E-state index in [1.807, 2.05) is 60.7 Å². The Kier molecular flexibility index (Phi) is 5.29. The SMILES string of the molecule is C=C(NC(=O)[C@@H]1CCCN1C(=O)Cc1ccccc1)c1ccccc1. The van der Waals surface area contributed by atoms with E-state index in [-0.39, 0.29) is 11.8 Å². The van der Waals surface area contributed by atoms with Crippen molar-refractivity contribution in [3.8, 4) is 0 Å². The zero-order chi connectivity index (χ0) is 17.6. The molecule has 2 amide bonds. The number of hydrogen-bond donors (Lipinski definition) is 1. The highest BCUT2D eigenvalue weighted by Gasteiger charge is 2.34. The Morgan fingerprint density at radius 1 is 1.04 bits per heavy atom. The van der Waals surface area contributed by atoms with Crippen LogP contribution in [0.3, 0.4) is 0 Å². The summed E-state index contributed by atoms with van der Waals surface area (Å²) in [6.45, 7) is 4.57. The van der Waals surface area contributed by atoms with Crippen molar-refractivity contribution in [3.05, 3.63) is 78.4 Å². The summed E-state index contributed by atoms with van der Waals surface area (Å²) in [6.07, 6.45) is 1.86. The van der Waals surface area contributed by atoms with Gasteiger partial charge < -0.3 is 10.2 Å². The molecule has 1 saturated heterocycles. The number of carbonyl (C=O) groups excluding carboxylic acids is 2. The van der Waals surface area contributed by atoms with E-state index < -0.39 is 6.04 Å². The van der Waals surface area contributed by atoms with Crippen LogP contribution < -0.4 is 5.32 Å². The number of benzene rings is 2. The fourth-order valence-corrected chi connectivity index (χ4v) is 3.15. The molecule has 4 heteroatoms. The number of amides is 2. The van der Waals surface area contributed by atoms with Gasteiger partial charge in [-0.25, -0.2) is 0 Å². The molecule has 2 aromatic carbocycles. The van der Waals surface area contributed by atoms with Crippen molar-refractivity contribution in [2.75, 3.05) is 6.54 Å². The molecule has 1 aliphatic heterocycles. The molecule has 1 N–H and O–H groups in total. The molecule has 3 rings (SSSR count). The molecule has 2 aromatic rings. The van der Waals surface area contributed by atoms with Crippen molar-refractivity contribution in [3.63, 3.8) is 0 Å². The second-order valence-corrected chi connectivity index (χ2v) is 6.24. The van der Waals surface area contributed by atoms with Gasteiger partial charge in [0, 0.05) is 12.2 Å². The van der Waals surface area contributed by atoms with E-state index in [4.69, 9.17) is 0 Å². The van der Waals surface area contributed by atoms with E-state index in [9.17, 15) is 9.59 Å². The molecule has 128 valence electrons. The van der Waals surface area contributed by atoms with Gasteiger partial charge in [-0.1, -0.05) is 67.2 Å². The molecule has 1 atom stereocenters. The van der Waals surface area contributed by atoms with Crippen molar-refractivity contribution in [1.29, 1.82) is 0 Å². The standard InChI is InChI=1S/C21H22N2O2/c1-16(18-11-6-3-7-12-18)22-21(25)19-13-8-14-23(19)20(24)15-17-9-4-2-5-10-17/h2-7,9-12,19H,1,8,13-15H2,(H,22,25)/t19-/m0/s1. The van der Waals surface area contributed by atoms with Crippen molar-refractivity contribution in [1.82, 2.24) is 10.2 Å². The van der Waals surface area contributed by atoms with Crippen LogP contribution in [-0.2, 0) is 16.0 Å². The number of carbonyl (C=O) groups is 2. The lowest BCUT2D eigenvalue weighted by molar-refractivity contribution is -0.137. The summed E-state index contributed by atoms with van der Waals surface area (Å²) in [7, 11) is 0. The molecule has 25 heavy (non-hydrogen) atoms. The maximum absolute atomic E-state index is 12.6. The fourth-order valence-electron chi connectivity index (χ4n) is 3.15. The Hall–Kier alpha value is -2.88. The van der Waals surface area contributed by atoms with E-state index in [1.54, 1.807) is 4.90 Å². The number of nitrogens with one attached hydrogen (secondary N) is 1. The van der Waals surface area contributed by atoms with Crippen LogP contribution in [0.15, 0.2) is 67.2 Å². The lowest BCUT2D eigenvalue weighted by Gasteiger charge is -2.24. The fraction of sp³-hybridized carbons (Fsp3) is 0.238. The third-order valence-corrected chi connectivity index (χ3v) is 4.47. The van der Waals surface area contributed by atoms with Gasteiger partial charge in [0.1, 0.15) is 6.04 Å². The first-order valence-corrected chi connectivity index (χ1v) is 8.54. The minimum atomic E-state index is -0.420. The highest BCUT2D eigenvalue weighted by molar-refractivity contribution is 5.93.